The monoisotopic (exact) mass is 382 g/mol. The predicted octanol–water partition coefficient (Wildman–Crippen LogP) is 2.38. The molecule has 6 nitrogen and oxygen atoms in total. The molecule has 2 aromatic carbocycles. The molecule has 1 saturated heterocycles. The average molecular weight is 382 g/mol. The summed E-state index contributed by atoms with van der Waals surface area (Å²) in [5.41, 5.74) is 0.273. The predicted molar refractivity (Wildman–Crippen MR) is 101 cm³/mol. The van der Waals surface area contributed by atoms with Gasteiger partial charge in [-0.25, -0.2) is 4.39 Å². The fourth-order valence-corrected chi connectivity index (χ4v) is 3.23. The van der Waals surface area contributed by atoms with Gasteiger partial charge >= 0.3 is 0 Å². The van der Waals surface area contributed by atoms with Crippen LogP contribution < -0.4 is 5.32 Å². The highest BCUT2D eigenvalue weighted by Crippen LogP contribution is 2.39. The van der Waals surface area contributed by atoms with Crippen LogP contribution in [0.4, 0.5) is 4.39 Å². The van der Waals surface area contributed by atoms with Gasteiger partial charge in [0.15, 0.2) is 0 Å². The zero-order valence-corrected chi connectivity index (χ0v) is 15.2. The Morgan fingerprint density at radius 2 is 1.75 bits per heavy atom. The first kappa shape index (κ1) is 19.3. The molecule has 1 heterocycles. The van der Waals surface area contributed by atoms with Crippen LogP contribution in [-0.4, -0.2) is 40.7 Å². The normalized spacial score (nSPS) is 18.4. The lowest BCUT2D eigenvalue weighted by atomic mass is 9.95. The summed E-state index contributed by atoms with van der Waals surface area (Å²) in [4.78, 5) is 37.6. The molecule has 0 unspecified atom stereocenters. The number of Topliss-reactive ketones (excluding diaryl/α,β-unsaturated/α-hetero) is 1. The Morgan fingerprint density at radius 1 is 1.11 bits per heavy atom. The molecule has 1 aliphatic heterocycles. The summed E-state index contributed by atoms with van der Waals surface area (Å²) in [6.45, 7) is 1.42. The van der Waals surface area contributed by atoms with E-state index in [1.807, 2.05) is 0 Å². The second-order valence-electron chi connectivity index (χ2n) is 6.36. The third-order valence-corrected chi connectivity index (χ3v) is 4.51. The zero-order valence-electron chi connectivity index (χ0n) is 15.2. The highest BCUT2D eigenvalue weighted by molar-refractivity contribution is 6.46. The van der Waals surface area contributed by atoms with Crippen molar-refractivity contribution < 1.29 is 23.9 Å². The largest absolute Gasteiger partial charge is 0.507 e. The SMILES string of the molecule is CC(=O)NCCN1C(=O)C(=O)C(=C(O)c2ccccc2)[C@@H]1c1ccccc1F. The quantitative estimate of drug-likeness (QED) is 0.472. The summed E-state index contributed by atoms with van der Waals surface area (Å²) in [7, 11) is 0. The molecular formula is C21H19FN2O4. The van der Waals surface area contributed by atoms with Crippen LogP contribution >= 0.6 is 0 Å². The number of hydrogen-bond donors (Lipinski definition) is 2. The van der Waals surface area contributed by atoms with Gasteiger partial charge in [-0.05, 0) is 6.07 Å². The zero-order chi connectivity index (χ0) is 20.3. The Kier molecular flexibility index (Phi) is 5.54. The van der Waals surface area contributed by atoms with Crippen LogP contribution in [-0.2, 0) is 14.4 Å². The van der Waals surface area contributed by atoms with Crippen LogP contribution in [0.15, 0.2) is 60.2 Å². The number of aliphatic hydroxyl groups excluding tert-OH is 1. The molecule has 144 valence electrons. The summed E-state index contributed by atoms with van der Waals surface area (Å²) >= 11 is 0. The van der Waals surface area contributed by atoms with Gasteiger partial charge in [0.1, 0.15) is 11.6 Å². The third-order valence-electron chi connectivity index (χ3n) is 4.51. The number of hydrogen-bond acceptors (Lipinski definition) is 4. The maximum atomic E-state index is 14.5. The van der Waals surface area contributed by atoms with Crippen LogP contribution in [0.3, 0.4) is 0 Å². The summed E-state index contributed by atoms with van der Waals surface area (Å²) in [5.74, 6) is -3.00. The Morgan fingerprint density at radius 3 is 2.39 bits per heavy atom. The number of amides is 2. The Bertz CT molecular complexity index is 956. The number of halogens is 1. The molecule has 0 radical (unpaired) electrons. The van der Waals surface area contributed by atoms with Crippen LogP contribution in [0, 0.1) is 5.82 Å². The number of likely N-dealkylation sites (tertiary alicyclic amines) is 1. The van der Waals surface area contributed by atoms with Crippen molar-refractivity contribution in [1.82, 2.24) is 10.2 Å². The molecule has 2 amide bonds. The number of ketones is 1. The van der Waals surface area contributed by atoms with Gasteiger partial charge in [0, 0.05) is 31.1 Å². The minimum atomic E-state index is -1.09. The molecule has 7 heteroatoms. The molecule has 3 rings (SSSR count). The van der Waals surface area contributed by atoms with Crippen molar-refractivity contribution in [3.63, 3.8) is 0 Å². The fraction of sp³-hybridized carbons (Fsp3) is 0.190. The van der Waals surface area contributed by atoms with Crippen molar-refractivity contribution in [2.24, 2.45) is 0 Å². The highest BCUT2D eigenvalue weighted by Gasteiger charge is 2.46. The molecule has 0 spiro atoms. The van der Waals surface area contributed by atoms with Gasteiger partial charge in [0.2, 0.25) is 5.91 Å². The van der Waals surface area contributed by atoms with E-state index in [0.717, 1.165) is 0 Å². The van der Waals surface area contributed by atoms with E-state index in [1.165, 1.54) is 30.0 Å². The Hall–Kier alpha value is -3.48. The Balaban J connectivity index is 2.11. The number of carbonyl (C=O) groups excluding carboxylic acids is 3. The van der Waals surface area contributed by atoms with E-state index >= 15 is 0 Å². The van der Waals surface area contributed by atoms with E-state index < -0.39 is 23.5 Å². The van der Waals surface area contributed by atoms with Crippen LogP contribution in [0.1, 0.15) is 24.1 Å². The fourth-order valence-electron chi connectivity index (χ4n) is 3.23. The van der Waals surface area contributed by atoms with Gasteiger partial charge in [-0.2, -0.15) is 0 Å². The molecule has 28 heavy (non-hydrogen) atoms. The molecule has 0 aromatic heterocycles. The summed E-state index contributed by atoms with van der Waals surface area (Å²) < 4.78 is 14.5. The molecule has 1 aliphatic rings. The number of benzene rings is 2. The van der Waals surface area contributed by atoms with Gasteiger partial charge in [-0.3, -0.25) is 14.4 Å². The average Bonchev–Trinajstić information content (AvgIpc) is 2.93. The number of nitrogens with one attached hydrogen (secondary N) is 1. The second kappa shape index (κ2) is 8.04. The third kappa shape index (κ3) is 3.64. The maximum Gasteiger partial charge on any atom is 0.295 e. The van der Waals surface area contributed by atoms with E-state index in [0.29, 0.717) is 5.56 Å². The number of nitrogens with zero attached hydrogens (tertiary/aromatic N) is 1. The smallest absolute Gasteiger partial charge is 0.295 e. The maximum absolute atomic E-state index is 14.5. The van der Waals surface area contributed by atoms with Crippen LogP contribution in [0.25, 0.3) is 5.76 Å². The summed E-state index contributed by atoms with van der Waals surface area (Å²) in [5, 5.41) is 13.3. The van der Waals surface area contributed by atoms with Gasteiger partial charge in [0.05, 0.1) is 11.6 Å². The topological polar surface area (TPSA) is 86.7 Å². The number of rotatable bonds is 5. The molecule has 2 N–H and O–H groups in total. The number of aliphatic hydroxyl groups is 1. The minimum absolute atomic E-state index is 0.00523. The van der Waals surface area contributed by atoms with E-state index in [4.69, 9.17) is 0 Å². The van der Waals surface area contributed by atoms with Gasteiger partial charge in [0.25, 0.3) is 11.7 Å². The van der Waals surface area contributed by atoms with Crippen molar-refractivity contribution in [3.05, 3.63) is 77.1 Å². The van der Waals surface area contributed by atoms with Gasteiger partial charge in [-0.1, -0.05) is 48.5 Å². The van der Waals surface area contributed by atoms with Crippen molar-refractivity contribution >= 4 is 23.4 Å². The highest BCUT2D eigenvalue weighted by atomic mass is 19.1. The van der Waals surface area contributed by atoms with Crippen molar-refractivity contribution in [1.29, 1.82) is 0 Å². The number of carbonyl (C=O) groups is 3. The summed E-state index contributed by atoms with van der Waals surface area (Å²) in [6.07, 6.45) is 0. The molecule has 0 bridgehead atoms. The Labute approximate surface area is 161 Å². The van der Waals surface area contributed by atoms with Crippen molar-refractivity contribution in [2.45, 2.75) is 13.0 Å². The van der Waals surface area contributed by atoms with Crippen molar-refractivity contribution in [2.75, 3.05) is 13.1 Å². The van der Waals surface area contributed by atoms with Crippen LogP contribution in [0.5, 0.6) is 0 Å². The first-order valence-corrected chi connectivity index (χ1v) is 8.74. The van der Waals surface area contributed by atoms with Gasteiger partial charge in [-0.15, -0.1) is 0 Å². The lowest BCUT2D eigenvalue weighted by Crippen LogP contribution is -2.37. The molecular weight excluding hydrogens is 363 g/mol. The molecule has 1 atom stereocenters. The van der Waals surface area contributed by atoms with Gasteiger partial charge < -0.3 is 15.3 Å². The van der Waals surface area contributed by atoms with E-state index in [-0.39, 0.29) is 35.9 Å². The molecule has 1 fully saturated rings. The molecule has 0 saturated carbocycles. The van der Waals surface area contributed by atoms with Crippen molar-refractivity contribution in [3.8, 4) is 0 Å². The first-order valence-electron chi connectivity index (χ1n) is 8.74. The van der Waals surface area contributed by atoms with E-state index in [1.54, 1.807) is 36.4 Å². The van der Waals surface area contributed by atoms with E-state index in [9.17, 15) is 23.9 Å². The summed E-state index contributed by atoms with van der Waals surface area (Å²) in [6, 6.07) is 13.0. The lowest BCUT2D eigenvalue weighted by Gasteiger charge is -2.25. The second-order valence-corrected chi connectivity index (χ2v) is 6.36. The first-order chi connectivity index (χ1) is 13.4. The molecule has 2 aromatic rings. The van der Waals surface area contributed by atoms with Crippen LogP contribution in [0.2, 0.25) is 0 Å². The molecule has 0 aliphatic carbocycles. The minimum Gasteiger partial charge on any atom is -0.507 e. The lowest BCUT2D eigenvalue weighted by molar-refractivity contribution is -0.140. The standard InChI is InChI=1S/C21H19FN2O4/c1-13(25)23-11-12-24-18(15-9-5-6-10-16(15)22)17(20(27)21(24)28)19(26)14-7-3-2-4-8-14/h2-10,18,26H,11-12H2,1H3,(H,23,25)/t18-/m0/s1. The van der Waals surface area contributed by atoms with E-state index in [2.05, 4.69) is 5.32 Å².